The monoisotopic (exact) mass is 284 g/mol. The third-order valence-corrected chi connectivity index (χ3v) is 3.05. The van der Waals surface area contributed by atoms with Gasteiger partial charge in [0.2, 0.25) is 5.91 Å². The zero-order valence-electron chi connectivity index (χ0n) is 12.3. The number of amides is 1. The lowest BCUT2D eigenvalue weighted by atomic mass is 10.1. The van der Waals surface area contributed by atoms with Crippen molar-refractivity contribution in [3.63, 3.8) is 0 Å². The zero-order valence-corrected chi connectivity index (χ0v) is 12.3. The predicted octanol–water partition coefficient (Wildman–Crippen LogP) is 2.52. The van der Waals surface area contributed by atoms with Crippen molar-refractivity contribution in [3.05, 3.63) is 42.2 Å². The minimum Gasteiger partial charge on any atom is -0.328 e. The number of hydrogen-bond acceptors (Lipinski definition) is 4. The van der Waals surface area contributed by atoms with Gasteiger partial charge >= 0.3 is 0 Å². The highest BCUT2D eigenvalue weighted by molar-refractivity contribution is 5.90. The van der Waals surface area contributed by atoms with Crippen LogP contribution in [0.25, 0.3) is 11.4 Å². The number of aryl methyl sites for hydroxylation is 1. The number of benzene rings is 1. The predicted molar refractivity (Wildman–Crippen MR) is 83.7 cm³/mol. The molecule has 0 aliphatic heterocycles. The third-order valence-electron chi connectivity index (χ3n) is 3.05. The van der Waals surface area contributed by atoms with Crippen LogP contribution in [0.3, 0.4) is 0 Å². The first kappa shape index (κ1) is 15.1. The minimum atomic E-state index is -0.0214. The molecule has 1 heterocycles. The van der Waals surface area contributed by atoms with Crippen LogP contribution in [0.1, 0.15) is 25.5 Å². The van der Waals surface area contributed by atoms with Crippen molar-refractivity contribution in [2.24, 2.45) is 5.73 Å². The molecule has 0 aliphatic carbocycles. The molecular formula is C16H20N4O. The van der Waals surface area contributed by atoms with Gasteiger partial charge in [-0.15, -0.1) is 0 Å². The normalized spacial score (nSPS) is 12.0. The maximum absolute atomic E-state index is 11.7. The average molecular weight is 284 g/mol. The second kappa shape index (κ2) is 6.95. The molecule has 110 valence electrons. The molecule has 0 spiro atoms. The van der Waals surface area contributed by atoms with Crippen LogP contribution in [-0.4, -0.2) is 21.9 Å². The van der Waals surface area contributed by atoms with Gasteiger partial charge in [-0.3, -0.25) is 4.79 Å². The van der Waals surface area contributed by atoms with Gasteiger partial charge in [0.15, 0.2) is 5.82 Å². The van der Waals surface area contributed by atoms with E-state index < -0.39 is 0 Å². The number of aromatic nitrogens is 2. The molecule has 2 rings (SSSR count). The minimum absolute atomic E-state index is 0.0214. The highest BCUT2D eigenvalue weighted by atomic mass is 16.1. The van der Waals surface area contributed by atoms with E-state index in [0.717, 1.165) is 16.9 Å². The van der Waals surface area contributed by atoms with Gasteiger partial charge in [-0.2, -0.15) is 0 Å². The summed E-state index contributed by atoms with van der Waals surface area (Å²) in [5, 5.41) is 2.85. The smallest absolute Gasteiger partial charge is 0.224 e. The number of carbonyl (C=O) groups excluding carboxylic acids is 1. The molecule has 0 fully saturated rings. The Morgan fingerprint density at radius 1 is 1.29 bits per heavy atom. The first-order chi connectivity index (χ1) is 10.0. The fraction of sp³-hybridized carbons (Fsp3) is 0.312. The van der Waals surface area contributed by atoms with Gasteiger partial charge in [-0.1, -0.05) is 0 Å². The van der Waals surface area contributed by atoms with E-state index in [4.69, 9.17) is 5.73 Å². The number of nitrogens with zero attached hydrogens (tertiary/aromatic N) is 2. The Labute approximate surface area is 124 Å². The van der Waals surface area contributed by atoms with Crippen LogP contribution in [0.5, 0.6) is 0 Å². The van der Waals surface area contributed by atoms with Gasteiger partial charge in [-0.05, 0) is 50.6 Å². The van der Waals surface area contributed by atoms with Crippen LogP contribution < -0.4 is 11.1 Å². The molecule has 3 N–H and O–H groups in total. The molecule has 1 atom stereocenters. The largest absolute Gasteiger partial charge is 0.328 e. The molecule has 1 aromatic heterocycles. The summed E-state index contributed by atoms with van der Waals surface area (Å²) in [6, 6.07) is 9.40. The van der Waals surface area contributed by atoms with Gasteiger partial charge in [0.25, 0.3) is 0 Å². The first-order valence-electron chi connectivity index (χ1n) is 7.00. The molecule has 5 nitrogen and oxygen atoms in total. The number of rotatable bonds is 5. The molecular weight excluding hydrogens is 264 g/mol. The summed E-state index contributed by atoms with van der Waals surface area (Å²) in [5.41, 5.74) is 8.25. The van der Waals surface area contributed by atoms with Crippen molar-refractivity contribution in [2.45, 2.75) is 32.7 Å². The van der Waals surface area contributed by atoms with E-state index in [2.05, 4.69) is 15.3 Å². The number of nitrogens with two attached hydrogens (primary N) is 1. The van der Waals surface area contributed by atoms with Crippen LogP contribution in [0.2, 0.25) is 0 Å². The van der Waals surface area contributed by atoms with Crippen molar-refractivity contribution in [1.82, 2.24) is 9.97 Å². The summed E-state index contributed by atoms with van der Waals surface area (Å²) in [4.78, 5) is 20.3. The quantitative estimate of drug-likeness (QED) is 0.884. The first-order valence-corrected chi connectivity index (χ1v) is 7.00. The summed E-state index contributed by atoms with van der Waals surface area (Å²) in [6.07, 6.45) is 2.85. The molecule has 1 unspecified atom stereocenters. The maximum atomic E-state index is 11.7. The molecule has 1 amide bonds. The van der Waals surface area contributed by atoms with Crippen molar-refractivity contribution >= 4 is 11.6 Å². The Bertz CT molecular complexity index is 608. The maximum Gasteiger partial charge on any atom is 0.224 e. The van der Waals surface area contributed by atoms with Crippen LogP contribution in [0.4, 0.5) is 5.69 Å². The number of carbonyl (C=O) groups is 1. The van der Waals surface area contributed by atoms with Crippen LogP contribution in [-0.2, 0) is 4.79 Å². The molecule has 0 aliphatic rings. The van der Waals surface area contributed by atoms with E-state index in [0.29, 0.717) is 18.7 Å². The molecule has 2 aromatic rings. The Morgan fingerprint density at radius 2 is 2.00 bits per heavy atom. The van der Waals surface area contributed by atoms with Gasteiger partial charge in [-0.25, -0.2) is 9.97 Å². The Kier molecular flexibility index (Phi) is 5.00. The van der Waals surface area contributed by atoms with Gasteiger partial charge in [0.05, 0.1) is 0 Å². The molecule has 0 radical (unpaired) electrons. The van der Waals surface area contributed by atoms with Crippen molar-refractivity contribution in [2.75, 3.05) is 5.32 Å². The molecule has 0 saturated heterocycles. The van der Waals surface area contributed by atoms with E-state index in [1.54, 1.807) is 6.20 Å². The topological polar surface area (TPSA) is 80.9 Å². The second-order valence-corrected chi connectivity index (χ2v) is 5.16. The summed E-state index contributed by atoms with van der Waals surface area (Å²) in [5.74, 6) is 0.664. The Hall–Kier alpha value is -2.27. The van der Waals surface area contributed by atoms with E-state index in [-0.39, 0.29) is 11.9 Å². The lowest BCUT2D eigenvalue weighted by molar-refractivity contribution is -0.116. The van der Waals surface area contributed by atoms with Crippen molar-refractivity contribution in [1.29, 1.82) is 0 Å². The van der Waals surface area contributed by atoms with Crippen LogP contribution in [0.15, 0.2) is 36.5 Å². The fourth-order valence-electron chi connectivity index (χ4n) is 1.87. The summed E-state index contributed by atoms with van der Waals surface area (Å²) >= 11 is 0. The molecule has 5 heteroatoms. The highest BCUT2D eigenvalue weighted by Gasteiger charge is 2.05. The van der Waals surface area contributed by atoms with Crippen molar-refractivity contribution < 1.29 is 4.79 Å². The highest BCUT2D eigenvalue weighted by Crippen LogP contribution is 2.18. The lowest BCUT2D eigenvalue weighted by Crippen LogP contribution is -2.19. The number of hydrogen-bond donors (Lipinski definition) is 2. The summed E-state index contributed by atoms with van der Waals surface area (Å²) < 4.78 is 0. The van der Waals surface area contributed by atoms with Gasteiger partial charge < -0.3 is 11.1 Å². The van der Waals surface area contributed by atoms with Gasteiger partial charge in [0, 0.05) is 35.6 Å². The third kappa shape index (κ3) is 4.65. The van der Waals surface area contributed by atoms with Crippen molar-refractivity contribution in [3.8, 4) is 11.4 Å². The van der Waals surface area contributed by atoms with E-state index in [9.17, 15) is 4.79 Å². The Morgan fingerprint density at radius 3 is 2.62 bits per heavy atom. The summed E-state index contributed by atoms with van der Waals surface area (Å²) in [7, 11) is 0. The van der Waals surface area contributed by atoms with E-state index in [1.165, 1.54) is 0 Å². The Balaban J connectivity index is 2.00. The summed E-state index contributed by atoms with van der Waals surface area (Å²) in [6.45, 7) is 3.82. The molecule has 21 heavy (non-hydrogen) atoms. The lowest BCUT2D eigenvalue weighted by Gasteiger charge is -2.07. The standard InChI is InChI=1S/C16H20N4O/c1-11(17)3-8-15(21)20-14-6-4-13(5-7-14)16-18-10-9-12(2)19-16/h4-7,9-11H,3,8,17H2,1-2H3,(H,20,21). The second-order valence-electron chi connectivity index (χ2n) is 5.16. The van der Waals surface area contributed by atoms with Gasteiger partial charge in [0.1, 0.15) is 0 Å². The molecule has 0 saturated carbocycles. The van der Waals surface area contributed by atoms with Crippen LogP contribution >= 0.6 is 0 Å². The fourth-order valence-corrected chi connectivity index (χ4v) is 1.87. The SMILES string of the molecule is Cc1ccnc(-c2ccc(NC(=O)CCC(C)N)cc2)n1. The number of nitrogens with one attached hydrogen (secondary N) is 1. The van der Waals surface area contributed by atoms with E-state index >= 15 is 0 Å². The molecule has 1 aromatic carbocycles. The zero-order chi connectivity index (χ0) is 15.2. The molecule has 0 bridgehead atoms. The van der Waals surface area contributed by atoms with Crippen LogP contribution in [0, 0.1) is 6.92 Å². The average Bonchev–Trinajstić information content (AvgIpc) is 2.46. The number of anilines is 1. The van der Waals surface area contributed by atoms with E-state index in [1.807, 2.05) is 44.2 Å².